The fourth-order valence-corrected chi connectivity index (χ4v) is 3.37. The molecule has 21 heavy (non-hydrogen) atoms. The average molecular weight is 296 g/mol. The summed E-state index contributed by atoms with van der Waals surface area (Å²) in [6.45, 7) is 2.18. The van der Waals surface area contributed by atoms with Gasteiger partial charge in [-0.3, -0.25) is 4.79 Å². The second-order valence-electron chi connectivity index (χ2n) is 6.04. The third kappa shape index (κ3) is 4.02. The first-order valence-electron chi connectivity index (χ1n) is 7.70. The van der Waals surface area contributed by atoms with Crippen molar-refractivity contribution in [1.82, 2.24) is 0 Å². The Morgan fingerprint density at radius 1 is 1.19 bits per heavy atom. The van der Waals surface area contributed by atoms with Gasteiger partial charge in [0.15, 0.2) is 0 Å². The molecular weight excluding hydrogens is 274 g/mol. The van der Waals surface area contributed by atoms with Crippen LogP contribution in [0.15, 0.2) is 12.1 Å². The van der Waals surface area contributed by atoms with Crippen LogP contribution in [0.25, 0.3) is 0 Å². The van der Waals surface area contributed by atoms with E-state index in [9.17, 15) is 13.6 Å². The quantitative estimate of drug-likeness (QED) is 0.857. The summed E-state index contributed by atoms with van der Waals surface area (Å²) in [5.74, 6) is -1.75. The summed E-state index contributed by atoms with van der Waals surface area (Å²) >= 11 is 0. The van der Waals surface area contributed by atoms with E-state index in [0.29, 0.717) is 5.56 Å². The molecule has 0 aromatic heterocycles. The number of benzene rings is 1. The van der Waals surface area contributed by atoms with Crippen molar-refractivity contribution in [2.45, 2.75) is 57.8 Å². The van der Waals surface area contributed by atoms with Gasteiger partial charge in [-0.05, 0) is 55.2 Å². The normalized spacial score (nSPS) is 22.2. The minimum atomic E-state index is -1.22. The van der Waals surface area contributed by atoms with Crippen LogP contribution < -0.4 is 0 Å². The van der Waals surface area contributed by atoms with Crippen molar-refractivity contribution in [1.29, 1.82) is 0 Å². The molecule has 1 saturated carbocycles. The van der Waals surface area contributed by atoms with Crippen LogP contribution >= 0.6 is 0 Å². The molecule has 0 bridgehead atoms. The average Bonchev–Trinajstić information content (AvgIpc) is 2.43. The van der Waals surface area contributed by atoms with Crippen LogP contribution in [0, 0.1) is 17.6 Å². The molecule has 2 nitrogen and oxygen atoms in total. The van der Waals surface area contributed by atoms with Gasteiger partial charge in [-0.15, -0.1) is 0 Å². The molecule has 116 valence electrons. The van der Waals surface area contributed by atoms with E-state index in [1.807, 2.05) is 0 Å². The predicted molar refractivity (Wildman–Crippen MR) is 77.3 cm³/mol. The Labute approximate surface area is 124 Å². The van der Waals surface area contributed by atoms with E-state index in [4.69, 9.17) is 5.11 Å². The highest BCUT2D eigenvalue weighted by Crippen LogP contribution is 2.38. The third-order valence-electron chi connectivity index (χ3n) is 4.51. The van der Waals surface area contributed by atoms with Gasteiger partial charge in [0.05, 0.1) is 6.42 Å². The van der Waals surface area contributed by atoms with E-state index < -0.39 is 24.0 Å². The van der Waals surface area contributed by atoms with Gasteiger partial charge in [0.1, 0.15) is 11.6 Å². The van der Waals surface area contributed by atoms with Crippen LogP contribution in [0.2, 0.25) is 0 Å². The molecule has 0 saturated heterocycles. The number of halogens is 2. The minimum absolute atomic E-state index is 0.195. The number of carbonyl (C=O) groups is 1. The van der Waals surface area contributed by atoms with E-state index in [1.165, 1.54) is 25.0 Å². The molecule has 0 atom stereocenters. The first kappa shape index (κ1) is 15.9. The second-order valence-corrected chi connectivity index (χ2v) is 6.04. The minimum Gasteiger partial charge on any atom is -0.481 e. The standard InChI is InChI=1S/C17H22F2O2/c1-2-3-11-4-6-12(7-5-11)13-8-15(18)14(10-17(20)21)16(19)9-13/h8-9,11-12H,2-7,10H2,1H3,(H,20,21)/t11-,12-. The zero-order valence-electron chi connectivity index (χ0n) is 12.4. The van der Waals surface area contributed by atoms with Crippen LogP contribution in [0.4, 0.5) is 8.78 Å². The van der Waals surface area contributed by atoms with Crippen molar-refractivity contribution >= 4 is 5.97 Å². The van der Waals surface area contributed by atoms with Gasteiger partial charge in [-0.1, -0.05) is 19.8 Å². The van der Waals surface area contributed by atoms with E-state index in [0.717, 1.165) is 31.6 Å². The molecule has 1 aliphatic rings. The molecule has 0 spiro atoms. The highest BCUT2D eigenvalue weighted by Gasteiger charge is 2.24. The Morgan fingerprint density at radius 3 is 2.24 bits per heavy atom. The number of aliphatic carboxylic acids is 1. The molecule has 0 unspecified atom stereocenters. The molecule has 0 heterocycles. The highest BCUT2D eigenvalue weighted by atomic mass is 19.1. The van der Waals surface area contributed by atoms with Crippen molar-refractivity contribution in [2.75, 3.05) is 0 Å². The van der Waals surface area contributed by atoms with Crippen LogP contribution in [-0.4, -0.2) is 11.1 Å². The summed E-state index contributed by atoms with van der Waals surface area (Å²) in [5.41, 5.74) is 0.333. The second kappa shape index (κ2) is 7.01. The van der Waals surface area contributed by atoms with Gasteiger partial charge in [0, 0.05) is 5.56 Å². The molecule has 0 amide bonds. The maximum Gasteiger partial charge on any atom is 0.308 e. The van der Waals surface area contributed by atoms with Crippen LogP contribution in [0.3, 0.4) is 0 Å². The summed E-state index contributed by atoms with van der Waals surface area (Å²) in [7, 11) is 0. The van der Waals surface area contributed by atoms with Crippen molar-refractivity contribution in [3.05, 3.63) is 34.9 Å². The molecular formula is C17H22F2O2. The Morgan fingerprint density at radius 2 is 1.76 bits per heavy atom. The molecule has 1 aromatic carbocycles. The SMILES string of the molecule is CCC[C@H]1CC[C@H](c2cc(F)c(CC(=O)O)c(F)c2)CC1. The van der Waals surface area contributed by atoms with Gasteiger partial charge in [0.25, 0.3) is 0 Å². The van der Waals surface area contributed by atoms with Crippen molar-refractivity contribution in [2.24, 2.45) is 5.92 Å². The zero-order chi connectivity index (χ0) is 15.4. The Balaban J connectivity index is 2.10. The van der Waals surface area contributed by atoms with Gasteiger partial charge in [0.2, 0.25) is 0 Å². The molecule has 1 aromatic rings. The molecule has 1 N–H and O–H groups in total. The maximum atomic E-state index is 13.9. The van der Waals surface area contributed by atoms with Crippen molar-refractivity contribution in [3.63, 3.8) is 0 Å². The number of rotatable bonds is 5. The first-order valence-corrected chi connectivity index (χ1v) is 7.70. The van der Waals surface area contributed by atoms with Gasteiger partial charge >= 0.3 is 5.97 Å². The smallest absolute Gasteiger partial charge is 0.308 e. The van der Waals surface area contributed by atoms with Gasteiger partial charge < -0.3 is 5.11 Å². The predicted octanol–water partition coefficient (Wildman–Crippen LogP) is 4.67. The molecule has 1 aliphatic carbocycles. The lowest BCUT2D eigenvalue weighted by molar-refractivity contribution is -0.136. The lowest BCUT2D eigenvalue weighted by Crippen LogP contribution is -2.14. The van der Waals surface area contributed by atoms with Crippen molar-refractivity contribution in [3.8, 4) is 0 Å². The fraction of sp³-hybridized carbons (Fsp3) is 0.588. The number of carboxylic acid groups (broad SMARTS) is 1. The lowest BCUT2D eigenvalue weighted by Gasteiger charge is -2.28. The summed E-state index contributed by atoms with van der Waals surface area (Å²) in [6.07, 6.45) is 5.94. The van der Waals surface area contributed by atoms with Crippen LogP contribution in [0.5, 0.6) is 0 Å². The zero-order valence-corrected chi connectivity index (χ0v) is 12.4. The molecule has 2 rings (SSSR count). The summed E-state index contributed by atoms with van der Waals surface area (Å²) in [4.78, 5) is 10.6. The monoisotopic (exact) mass is 296 g/mol. The highest BCUT2D eigenvalue weighted by molar-refractivity contribution is 5.70. The Hall–Kier alpha value is -1.45. The van der Waals surface area contributed by atoms with E-state index in [2.05, 4.69) is 6.92 Å². The first-order chi connectivity index (χ1) is 10.0. The number of hydrogen-bond acceptors (Lipinski definition) is 1. The van der Waals surface area contributed by atoms with Crippen LogP contribution in [0.1, 0.15) is 62.5 Å². The van der Waals surface area contributed by atoms with E-state index in [1.54, 1.807) is 0 Å². The number of hydrogen-bond donors (Lipinski definition) is 1. The summed E-state index contributed by atoms with van der Waals surface area (Å²) < 4.78 is 27.8. The molecule has 4 heteroatoms. The molecule has 0 aliphatic heterocycles. The third-order valence-corrected chi connectivity index (χ3v) is 4.51. The largest absolute Gasteiger partial charge is 0.481 e. The van der Waals surface area contributed by atoms with E-state index in [-0.39, 0.29) is 11.5 Å². The van der Waals surface area contributed by atoms with Gasteiger partial charge in [-0.2, -0.15) is 0 Å². The summed E-state index contributed by atoms with van der Waals surface area (Å²) in [5, 5.41) is 8.68. The maximum absolute atomic E-state index is 13.9. The molecule has 1 fully saturated rings. The Kier molecular flexibility index (Phi) is 5.32. The Bertz CT molecular complexity index is 483. The number of carboxylic acids is 1. The fourth-order valence-electron chi connectivity index (χ4n) is 3.37. The van der Waals surface area contributed by atoms with Crippen LogP contribution in [-0.2, 0) is 11.2 Å². The van der Waals surface area contributed by atoms with Gasteiger partial charge in [-0.25, -0.2) is 8.78 Å². The summed E-state index contributed by atoms with van der Waals surface area (Å²) in [6, 6.07) is 2.65. The topological polar surface area (TPSA) is 37.3 Å². The molecule has 0 radical (unpaired) electrons. The van der Waals surface area contributed by atoms with E-state index >= 15 is 0 Å². The van der Waals surface area contributed by atoms with Crippen molar-refractivity contribution < 1.29 is 18.7 Å². The lowest BCUT2D eigenvalue weighted by atomic mass is 9.77.